The molecule has 0 aromatic heterocycles. The maximum absolute atomic E-state index is 13.2. The van der Waals surface area contributed by atoms with Crippen LogP contribution < -0.4 is 7.22 Å². The third-order valence-electron chi connectivity index (χ3n) is 2.19. The minimum absolute atomic E-state index is 0.440. The zero-order chi connectivity index (χ0) is 12.3. The van der Waals surface area contributed by atoms with E-state index >= 15 is 0 Å². The number of alkyl halides is 3. The first-order chi connectivity index (χ1) is 8.09. The van der Waals surface area contributed by atoms with Crippen LogP contribution in [0.25, 0.3) is 0 Å². The second kappa shape index (κ2) is 5.12. The van der Waals surface area contributed by atoms with Crippen molar-refractivity contribution < 1.29 is 13.2 Å². The molecule has 2 aromatic carbocycles. The Morgan fingerprint density at radius 3 is 1.29 bits per heavy atom. The molecule has 0 atom stereocenters. The molecule has 0 fully saturated rings. The molecular formula is C13H10F3Te. The number of halogens is 3. The van der Waals surface area contributed by atoms with Crippen molar-refractivity contribution in [3.05, 3.63) is 60.7 Å². The van der Waals surface area contributed by atoms with E-state index in [0.29, 0.717) is 7.22 Å². The molecule has 0 nitrogen and oxygen atoms in total. The summed E-state index contributed by atoms with van der Waals surface area (Å²) in [5, 5.41) is 0. The first-order valence-electron chi connectivity index (χ1n) is 5.00. The summed E-state index contributed by atoms with van der Waals surface area (Å²) >= 11 is -3.49. The van der Waals surface area contributed by atoms with Gasteiger partial charge in [0, 0.05) is 0 Å². The third-order valence-corrected chi connectivity index (χ3v) is 7.75. The van der Waals surface area contributed by atoms with Crippen LogP contribution in [0.1, 0.15) is 0 Å². The van der Waals surface area contributed by atoms with Gasteiger partial charge in [-0.3, -0.25) is 0 Å². The Bertz CT molecular complexity index is 426. The van der Waals surface area contributed by atoms with Crippen molar-refractivity contribution in [2.45, 2.75) is 4.22 Å². The first-order valence-corrected chi connectivity index (χ1v) is 8.50. The summed E-state index contributed by atoms with van der Waals surface area (Å²) in [6.07, 6.45) is 0. The van der Waals surface area contributed by atoms with Crippen LogP contribution in [-0.2, 0) is 0 Å². The first kappa shape index (κ1) is 12.5. The summed E-state index contributed by atoms with van der Waals surface area (Å²) in [5.74, 6) is 0. The van der Waals surface area contributed by atoms with Gasteiger partial charge in [0.25, 0.3) is 0 Å². The van der Waals surface area contributed by atoms with Gasteiger partial charge in [-0.05, 0) is 0 Å². The quantitative estimate of drug-likeness (QED) is 0.730. The fourth-order valence-electron chi connectivity index (χ4n) is 1.52. The standard InChI is InChI=1S/C13H10F3Te/c14-13(15,16)17(11-7-3-1-4-8-11)12-9-5-2-6-10-12/h1-10H. The Morgan fingerprint density at radius 1 is 0.647 bits per heavy atom. The van der Waals surface area contributed by atoms with Crippen molar-refractivity contribution in [2.75, 3.05) is 0 Å². The molecule has 0 amide bonds. The SMILES string of the molecule is FC(F)(F)[Te](c1ccccc1)c1ccccc1. The Kier molecular flexibility index (Phi) is 3.76. The molecule has 2 rings (SSSR count). The van der Waals surface area contributed by atoms with Gasteiger partial charge >= 0.3 is 105 Å². The van der Waals surface area contributed by atoms with Crippen LogP contribution in [0.2, 0.25) is 0 Å². The van der Waals surface area contributed by atoms with Gasteiger partial charge in [-0.15, -0.1) is 0 Å². The second-order valence-corrected chi connectivity index (χ2v) is 9.14. The van der Waals surface area contributed by atoms with Crippen molar-refractivity contribution >= 4 is 26.8 Å². The van der Waals surface area contributed by atoms with Crippen LogP contribution in [0.4, 0.5) is 13.2 Å². The van der Waals surface area contributed by atoms with E-state index in [2.05, 4.69) is 0 Å². The van der Waals surface area contributed by atoms with Gasteiger partial charge in [0.15, 0.2) is 0 Å². The summed E-state index contributed by atoms with van der Waals surface area (Å²) in [7, 11) is 0. The van der Waals surface area contributed by atoms with Crippen molar-refractivity contribution in [3.8, 4) is 0 Å². The summed E-state index contributed by atoms with van der Waals surface area (Å²) in [4.78, 5) is 0. The monoisotopic (exact) mass is 353 g/mol. The third kappa shape index (κ3) is 3.02. The predicted molar refractivity (Wildman–Crippen MR) is 64.0 cm³/mol. The molecule has 0 unspecified atom stereocenters. The van der Waals surface area contributed by atoms with Gasteiger partial charge in [0.1, 0.15) is 0 Å². The number of hydrogen-bond acceptors (Lipinski definition) is 0. The van der Waals surface area contributed by atoms with Crippen LogP contribution in [0.15, 0.2) is 60.7 Å². The molecule has 0 spiro atoms. The van der Waals surface area contributed by atoms with Gasteiger partial charge in [-0.1, -0.05) is 0 Å². The average Bonchev–Trinajstić information content (AvgIpc) is 2.30. The zero-order valence-corrected chi connectivity index (χ0v) is 11.1. The molecule has 4 heteroatoms. The van der Waals surface area contributed by atoms with Gasteiger partial charge in [-0.2, -0.15) is 0 Å². The molecule has 0 aliphatic rings. The fourth-order valence-corrected chi connectivity index (χ4v) is 6.27. The zero-order valence-electron chi connectivity index (χ0n) is 8.82. The van der Waals surface area contributed by atoms with Crippen LogP contribution in [0.3, 0.4) is 0 Å². The topological polar surface area (TPSA) is 0 Å². The summed E-state index contributed by atoms with van der Waals surface area (Å²) in [6.45, 7) is 0. The maximum atomic E-state index is 13.2. The molecule has 0 aliphatic carbocycles. The van der Waals surface area contributed by atoms with Crippen LogP contribution in [0.5, 0.6) is 0 Å². The Balaban J connectivity index is 2.48. The Labute approximate surface area is 105 Å². The van der Waals surface area contributed by atoms with Crippen LogP contribution >= 0.6 is 0 Å². The van der Waals surface area contributed by atoms with E-state index in [1.54, 1.807) is 60.7 Å². The van der Waals surface area contributed by atoms with E-state index in [0.717, 1.165) is 0 Å². The average molecular weight is 351 g/mol. The van der Waals surface area contributed by atoms with Gasteiger partial charge in [-0.25, -0.2) is 0 Å². The molecule has 17 heavy (non-hydrogen) atoms. The molecule has 0 bridgehead atoms. The predicted octanol–water partition coefficient (Wildman–Crippen LogP) is 2.40. The second-order valence-electron chi connectivity index (χ2n) is 3.38. The minimum atomic E-state index is -4.11. The molecular weight excluding hydrogens is 341 g/mol. The summed E-state index contributed by atoms with van der Waals surface area (Å²) < 4.78 is 36.3. The molecule has 0 saturated carbocycles. The van der Waals surface area contributed by atoms with Crippen molar-refractivity contribution in [3.63, 3.8) is 0 Å². The van der Waals surface area contributed by atoms with Gasteiger partial charge < -0.3 is 0 Å². The van der Waals surface area contributed by atoms with Crippen molar-refractivity contribution in [1.29, 1.82) is 0 Å². The number of hydrogen-bond donors (Lipinski definition) is 0. The van der Waals surface area contributed by atoms with Crippen molar-refractivity contribution in [1.82, 2.24) is 0 Å². The molecule has 1 radical (unpaired) electrons. The molecule has 89 valence electrons. The van der Waals surface area contributed by atoms with Gasteiger partial charge in [0.05, 0.1) is 0 Å². The molecule has 0 N–H and O–H groups in total. The van der Waals surface area contributed by atoms with Gasteiger partial charge in [0.2, 0.25) is 0 Å². The van der Waals surface area contributed by atoms with E-state index in [1.807, 2.05) is 0 Å². The van der Waals surface area contributed by atoms with E-state index < -0.39 is 23.8 Å². The van der Waals surface area contributed by atoms with E-state index in [-0.39, 0.29) is 0 Å². The normalized spacial score (nSPS) is 11.8. The van der Waals surface area contributed by atoms with E-state index in [9.17, 15) is 13.2 Å². The summed E-state index contributed by atoms with van der Waals surface area (Å²) in [5.41, 5.74) is 0. The number of rotatable bonds is 2. The number of benzene rings is 2. The Morgan fingerprint density at radius 2 is 1.00 bits per heavy atom. The van der Waals surface area contributed by atoms with Crippen LogP contribution in [-0.4, -0.2) is 23.8 Å². The van der Waals surface area contributed by atoms with Crippen molar-refractivity contribution in [2.24, 2.45) is 0 Å². The van der Waals surface area contributed by atoms with E-state index in [4.69, 9.17) is 0 Å². The fraction of sp³-hybridized carbons (Fsp3) is 0.0769. The molecule has 0 heterocycles. The molecule has 0 saturated heterocycles. The molecule has 2 aromatic rings. The van der Waals surface area contributed by atoms with Crippen LogP contribution in [0, 0.1) is 0 Å². The molecule has 0 aliphatic heterocycles. The van der Waals surface area contributed by atoms with E-state index in [1.165, 1.54) is 0 Å². The Hall–Kier alpha value is -0.980. The summed E-state index contributed by atoms with van der Waals surface area (Å²) in [6, 6.07) is 16.5.